The summed E-state index contributed by atoms with van der Waals surface area (Å²) in [6.45, 7) is 7.68. The topological polar surface area (TPSA) is 28.2 Å². The Morgan fingerprint density at radius 3 is 3.05 bits per heavy atom. The third-order valence-corrected chi connectivity index (χ3v) is 5.42. The van der Waals surface area contributed by atoms with Crippen LogP contribution in [0, 0.1) is 0 Å². The smallest absolute Gasteiger partial charge is 0.169 e. The van der Waals surface area contributed by atoms with Crippen molar-refractivity contribution >= 4 is 38.9 Å². The van der Waals surface area contributed by atoms with Crippen LogP contribution < -0.4 is 5.32 Å². The molecule has 116 valence electrons. The summed E-state index contributed by atoms with van der Waals surface area (Å²) in [5.41, 5.74) is 2.18. The van der Waals surface area contributed by atoms with Crippen molar-refractivity contribution in [3.63, 3.8) is 0 Å². The molecule has 5 heteroatoms. The van der Waals surface area contributed by atoms with Gasteiger partial charge in [0.05, 0.1) is 16.3 Å². The molecule has 1 N–H and O–H groups in total. The first-order valence-electron chi connectivity index (χ1n) is 7.69. The van der Waals surface area contributed by atoms with Gasteiger partial charge in [-0.25, -0.2) is 4.98 Å². The quantitative estimate of drug-likeness (QED) is 0.671. The second-order valence-corrected chi connectivity index (χ2v) is 7.29. The Morgan fingerprint density at radius 2 is 2.27 bits per heavy atom. The van der Waals surface area contributed by atoms with E-state index >= 15 is 0 Å². The molecule has 22 heavy (non-hydrogen) atoms. The molecule has 1 atom stereocenters. The monoisotopic (exact) mass is 331 g/mol. The Kier molecular flexibility index (Phi) is 4.74. The Hall–Kier alpha value is -1.46. The van der Waals surface area contributed by atoms with Gasteiger partial charge in [0.25, 0.3) is 0 Å². The molecule has 1 aliphatic heterocycles. The lowest BCUT2D eigenvalue weighted by molar-refractivity contribution is 0.242. The lowest BCUT2D eigenvalue weighted by Gasteiger charge is -2.36. The average molecular weight is 332 g/mol. The molecular weight excluding hydrogens is 310 g/mol. The van der Waals surface area contributed by atoms with Gasteiger partial charge >= 0.3 is 0 Å². The number of thiazole rings is 1. The number of benzene rings is 1. The first-order chi connectivity index (χ1) is 10.6. The van der Waals surface area contributed by atoms with Gasteiger partial charge in [0.1, 0.15) is 5.01 Å². The van der Waals surface area contributed by atoms with E-state index in [9.17, 15) is 0 Å². The van der Waals surface area contributed by atoms with Crippen LogP contribution in [0.3, 0.4) is 0 Å². The summed E-state index contributed by atoms with van der Waals surface area (Å²) < 4.78 is 1.25. The van der Waals surface area contributed by atoms with Gasteiger partial charge in [0, 0.05) is 13.1 Å². The van der Waals surface area contributed by atoms with Crippen molar-refractivity contribution in [3.8, 4) is 0 Å². The Morgan fingerprint density at radius 1 is 1.45 bits per heavy atom. The van der Waals surface area contributed by atoms with Gasteiger partial charge in [0.2, 0.25) is 0 Å². The molecule has 2 heterocycles. The van der Waals surface area contributed by atoms with Crippen LogP contribution in [0.15, 0.2) is 36.4 Å². The predicted octanol–water partition coefficient (Wildman–Crippen LogP) is 4.27. The van der Waals surface area contributed by atoms with E-state index in [1.165, 1.54) is 22.5 Å². The Labute approximate surface area is 141 Å². The number of likely N-dealkylation sites (tertiary alicyclic amines) is 1. The first kappa shape index (κ1) is 15.4. The molecule has 0 unspecified atom stereocenters. The molecule has 0 radical (unpaired) electrons. The fourth-order valence-corrected chi connectivity index (χ4v) is 4.20. The van der Waals surface area contributed by atoms with Crippen molar-refractivity contribution in [3.05, 3.63) is 41.4 Å². The van der Waals surface area contributed by atoms with E-state index in [0.717, 1.165) is 35.7 Å². The summed E-state index contributed by atoms with van der Waals surface area (Å²) in [6.07, 6.45) is 3.55. The van der Waals surface area contributed by atoms with Crippen LogP contribution in [0.1, 0.15) is 37.2 Å². The number of hydrogen-bond donors (Lipinski definition) is 1. The maximum Gasteiger partial charge on any atom is 0.169 e. The van der Waals surface area contributed by atoms with Gasteiger partial charge in [-0.1, -0.05) is 24.3 Å². The zero-order chi connectivity index (χ0) is 15.5. The third kappa shape index (κ3) is 3.31. The summed E-state index contributed by atoms with van der Waals surface area (Å²) in [5.74, 6) is 0. The molecule has 1 aromatic heterocycles. The van der Waals surface area contributed by atoms with Gasteiger partial charge in [-0.05, 0) is 50.5 Å². The molecule has 1 aliphatic rings. The molecule has 1 fully saturated rings. The molecule has 1 saturated heterocycles. The maximum atomic E-state index is 5.60. The van der Waals surface area contributed by atoms with Crippen LogP contribution in [0.2, 0.25) is 0 Å². The van der Waals surface area contributed by atoms with Gasteiger partial charge < -0.3 is 10.2 Å². The van der Waals surface area contributed by atoms with Gasteiger partial charge in [-0.2, -0.15) is 0 Å². The Balaban J connectivity index is 1.82. The van der Waals surface area contributed by atoms with Crippen molar-refractivity contribution in [2.24, 2.45) is 0 Å². The molecule has 3 rings (SSSR count). The zero-order valence-electron chi connectivity index (χ0n) is 12.8. The fraction of sp³-hybridized carbons (Fsp3) is 0.412. The van der Waals surface area contributed by atoms with E-state index in [-0.39, 0.29) is 0 Å². The van der Waals surface area contributed by atoms with Crippen molar-refractivity contribution in [2.75, 3.05) is 13.1 Å². The van der Waals surface area contributed by atoms with Gasteiger partial charge in [0.15, 0.2) is 5.11 Å². The molecule has 0 bridgehead atoms. The number of hydrogen-bond acceptors (Lipinski definition) is 3. The Bertz CT molecular complexity index is 659. The highest BCUT2D eigenvalue weighted by molar-refractivity contribution is 7.80. The first-order valence-corrected chi connectivity index (χ1v) is 8.92. The van der Waals surface area contributed by atoms with Gasteiger partial charge in [-0.15, -0.1) is 11.3 Å². The minimum absolute atomic E-state index is 0.302. The third-order valence-electron chi connectivity index (χ3n) is 3.90. The van der Waals surface area contributed by atoms with Crippen molar-refractivity contribution < 1.29 is 0 Å². The van der Waals surface area contributed by atoms with Crippen LogP contribution in [0.5, 0.6) is 0 Å². The number of para-hydroxylation sites is 1. The minimum Gasteiger partial charge on any atom is -0.359 e. The molecular formula is C17H21N3S2. The number of nitrogens with zero attached hydrogens (tertiary/aromatic N) is 2. The molecule has 0 aliphatic carbocycles. The van der Waals surface area contributed by atoms with E-state index in [4.69, 9.17) is 17.2 Å². The minimum atomic E-state index is 0.302. The molecule has 0 amide bonds. The second-order valence-electron chi connectivity index (χ2n) is 5.84. The number of thiocarbonyl (C=S) groups is 1. The summed E-state index contributed by atoms with van der Waals surface area (Å²) in [5, 5.41) is 5.33. The molecule has 1 aromatic carbocycles. The molecule has 3 nitrogen and oxygen atoms in total. The highest BCUT2D eigenvalue weighted by atomic mass is 32.1. The van der Waals surface area contributed by atoms with Crippen molar-refractivity contribution in [1.29, 1.82) is 0 Å². The number of nitrogens with one attached hydrogen (secondary N) is 1. The van der Waals surface area contributed by atoms with E-state index in [1.54, 1.807) is 11.3 Å². The van der Waals surface area contributed by atoms with E-state index in [2.05, 4.69) is 35.0 Å². The molecule has 0 saturated carbocycles. The summed E-state index contributed by atoms with van der Waals surface area (Å²) >= 11 is 7.39. The van der Waals surface area contributed by atoms with Crippen molar-refractivity contribution in [1.82, 2.24) is 15.2 Å². The number of fused-ring (bicyclic) bond motifs is 1. The molecule has 2 aromatic rings. The predicted molar refractivity (Wildman–Crippen MR) is 98.3 cm³/mol. The summed E-state index contributed by atoms with van der Waals surface area (Å²) in [4.78, 5) is 7.14. The van der Waals surface area contributed by atoms with Crippen LogP contribution >= 0.6 is 23.6 Å². The fourth-order valence-electron chi connectivity index (χ4n) is 2.79. The number of rotatable bonds is 3. The normalized spacial score (nSPS) is 18.4. The standard InChI is InChI=1S/C17H21N3S2/c1-12(2)11-18-17(21)20-10-6-5-8-14(20)16-19-13-7-3-4-9-15(13)22-16/h3-4,7,9,14H,1,5-6,8,10-11H2,2H3,(H,18,21)/t14-/m0/s1. The van der Waals surface area contributed by atoms with E-state index in [0.29, 0.717) is 6.04 Å². The van der Waals surface area contributed by atoms with Crippen molar-refractivity contribution in [2.45, 2.75) is 32.2 Å². The van der Waals surface area contributed by atoms with Gasteiger partial charge in [-0.3, -0.25) is 0 Å². The van der Waals surface area contributed by atoms with Crippen LogP contribution in [-0.2, 0) is 0 Å². The highest BCUT2D eigenvalue weighted by Gasteiger charge is 2.28. The lowest BCUT2D eigenvalue weighted by atomic mass is 10.0. The SMILES string of the molecule is C=C(C)CNC(=S)N1CCCC[C@H]1c1nc2ccccc2s1. The van der Waals surface area contributed by atoms with E-state index < -0.39 is 0 Å². The number of piperidine rings is 1. The zero-order valence-corrected chi connectivity index (χ0v) is 14.5. The highest BCUT2D eigenvalue weighted by Crippen LogP contribution is 2.35. The average Bonchev–Trinajstić information content (AvgIpc) is 2.96. The summed E-state index contributed by atoms with van der Waals surface area (Å²) in [7, 11) is 0. The molecule has 0 spiro atoms. The van der Waals surface area contributed by atoms with E-state index in [1.807, 2.05) is 13.0 Å². The largest absolute Gasteiger partial charge is 0.359 e. The van der Waals surface area contributed by atoms with Crippen LogP contribution in [0.25, 0.3) is 10.2 Å². The summed E-state index contributed by atoms with van der Waals surface area (Å²) in [6, 6.07) is 8.64. The van der Waals surface area contributed by atoms with Crippen LogP contribution in [0.4, 0.5) is 0 Å². The number of aromatic nitrogens is 1. The van der Waals surface area contributed by atoms with Crippen LogP contribution in [-0.4, -0.2) is 28.1 Å². The maximum absolute atomic E-state index is 5.60. The lowest BCUT2D eigenvalue weighted by Crippen LogP contribution is -2.44. The second kappa shape index (κ2) is 6.75.